The molecule has 0 aromatic heterocycles. The Morgan fingerprint density at radius 2 is 1.84 bits per heavy atom. The average Bonchev–Trinajstić information content (AvgIpc) is 2.65. The fraction of sp³-hybridized carbons (Fsp3) is 0.316. The fourth-order valence-electron chi connectivity index (χ4n) is 2.30. The highest BCUT2D eigenvalue weighted by Gasteiger charge is 2.08. The molecule has 0 aliphatic heterocycles. The molecule has 0 saturated heterocycles. The third kappa shape index (κ3) is 5.29. The largest absolute Gasteiger partial charge is 0.493 e. The van der Waals surface area contributed by atoms with E-state index in [0.29, 0.717) is 28.8 Å². The lowest BCUT2D eigenvalue weighted by molar-refractivity contribution is -0.123. The van der Waals surface area contributed by atoms with E-state index in [4.69, 9.17) is 25.8 Å². The molecule has 0 aliphatic carbocycles. The van der Waals surface area contributed by atoms with Crippen LogP contribution in [-0.4, -0.2) is 26.7 Å². The summed E-state index contributed by atoms with van der Waals surface area (Å²) in [5.41, 5.74) is 1.90. The van der Waals surface area contributed by atoms with E-state index in [1.54, 1.807) is 32.4 Å². The van der Waals surface area contributed by atoms with Crippen LogP contribution in [0.2, 0.25) is 5.02 Å². The Bertz CT molecular complexity index is 733. The van der Waals surface area contributed by atoms with Gasteiger partial charge in [0.2, 0.25) is 0 Å². The number of amides is 1. The highest BCUT2D eigenvalue weighted by atomic mass is 35.5. The highest BCUT2D eigenvalue weighted by Crippen LogP contribution is 2.27. The first-order valence-corrected chi connectivity index (χ1v) is 8.34. The maximum absolute atomic E-state index is 12.0. The number of carbonyl (C=O) groups is 1. The molecule has 134 valence electrons. The first-order valence-electron chi connectivity index (χ1n) is 7.96. The van der Waals surface area contributed by atoms with Crippen molar-refractivity contribution in [3.05, 3.63) is 52.5 Å². The molecule has 2 aromatic carbocycles. The summed E-state index contributed by atoms with van der Waals surface area (Å²) in [6, 6.07) is 10.9. The van der Waals surface area contributed by atoms with Gasteiger partial charge in [0, 0.05) is 11.6 Å². The van der Waals surface area contributed by atoms with E-state index in [1.165, 1.54) is 0 Å². The highest BCUT2D eigenvalue weighted by molar-refractivity contribution is 6.31. The molecule has 5 nitrogen and oxygen atoms in total. The van der Waals surface area contributed by atoms with Crippen LogP contribution in [-0.2, 0) is 17.8 Å². The molecule has 1 amide bonds. The molecule has 0 bridgehead atoms. The summed E-state index contributed by atoms with van der Waals surface area (Å²) in [4.78, 5) is 12.0. The Balaban J connectivity index is 1.86. The van der Waals surface area contributed by atoms with E-state index in [1.807, 2.05) is 25.1 Å². The zero-order valence-corrected chi connectivity index (χ0v) is 15.4. The van der Waals surface area contributed by atoms with Gasteiger partial charge in [-0.3, -0.25) is 4.79 Å². The van der Waals surface area contributed by atoms with Gasteiger partial charge in [0.05, 0.1) is 14.2 Å². The molecule has 0 fully saturated rings. The summed E-state index contributed by atoms with van der Waals surface area (Å²) < 4.78 is 16.0. The van der Waals surface area contributed by atoms with Crippen LogP contribution >= 0.6 is 11.6 Å². The SMILES string of the molecule is CCc1cc(OCC(=O)NCc2ccc(OC)c(OC)c2)ccc1Cl. The van der Waals surface area contributed by atoms with Gasteiger partial charge >= 0.3 is 0 Å². The zero-order valence-electron chi connectivity index (χ0n) is 14.6. The van der Waals surface area contributed by atoms with Crippen molar-refractivity contribution in [2.75, 3.05) is 20.8 Å². The van der Waals surface area contributed by atoms with Gasteiger partial charge in [0.1, 0.15) is 5.75 Å². The first-order chi connectivity index (χ1) is 12.1. The molecule has 25 heavy (non-hydrogen) atoms. The minimum Gasteiger partial charge on any atom is -0.493 e. The summed E-state index contributed by atoms with van der Waals surface area (Å²) in [7, 11) is 3.15. The second-order valence-electron chi connectivity index (χ2n) is 5.36. The second kappa shape index (κ2) is 9.18. The number of benzene rings is 2. The maximum Gasteiger partial charge on any atom is 0.258 e. The van der Waals surface area contributed by atoms with Crippen molar-refractivity contribution in [2.45, 2.75) is 19.9 Å². The monoisotopic (exact) mass is 363 g/mol. The van der Waals surface area contributed by atoms with Crippen molar-refractivity contribution in [2.24, 2.45) is 0 Å². The molecule has 0 saturated carbocycles. The maximum atomic E-state index is 12.0. The third-order valence-electron chi connectivity index (χ3n) is 3.71. The summed E-state index contributed by atoms with van der Waals surface area (Å²) in [6.07, 6.45) is 0.807. The number of ether oxygens (including phenoxy) is 3. The Kier molecular flexibility index (Phi) is 6.95. The van der Waals surface area contributed by atoms with Gasteiger partial charge in [-0.2, -0.15) is 0 Å². The van der Waals surface area contributed by atoms with Crippen molar-refractivity contribution >= 4 is 17.5 Å². The van der Waals surface area contributed by atoms with Crippen LogP contribution < -0.4 is 19.5 Å². The Morgan fingerprint density at radius 3 is 2.52 bits per heavy atom. The summed E-state index contributed by atoms with van der Waals surface area (Å²) in [5.74, 6) is 1.69. The number of aryl methyl sites for hydroxylation is 1. The van der Waals surface area contributed by atoms with Crippen LogP contribution in [0.3, 0.4) is 0 Å². The van der Waals surface area contributed by atoms with Crippen LogP contribution in [0.4, 0.5) is 0 Å². The molecule has 0 heterocycles. The molecule has 2 aromatic rings. The molecule has 0 atom stereocenters. The van der Waals surface area contributed by atoms with E-state index in [9.17, 15) is 4.79 Å². The molecule has 0 unspecified atom stereocenters. The number of carbonyl (C=O) groups excluding carboxylic acids is 1. The molecule has 2 rings (SSSR count). The van der Waals surface area contributed by atoms with Crippen molar-refractivity contribution in [1.29, 1.82) is 0 Å². The first kappa shape index (κ1) is 18.9. The third-order valence-corrected chi connectivity index (χ3v) is 4.07. The fourth-order valence-corrected chi connectivity index (χ4v) is 2.55. The van der Waals surface area contributed by atoms with Crippen LogP contribution in [0.1, 0.15) is 18.1 Å². The lowest BCUT2D eigenvalue weighted by atomic mass is 10.1. The molecule has 1 N–H and O–H groups in total. The van der Waals surface area contributed by atoms with E-state index in [2.05, 4.69) is 5.32 Å². The molecule has 0 aliphatic rings. The normalized spacial score (nSPS) is 10.2. The standard InChI is InChI=1S/C19H22ClNO4/c1-4-14-10-15(6-7-16(14)20)25-12-19(22)21-11-13-5-8-17(23-2)18(9-13)24-3/h5-10H,4,11-12H2,1-3H3,(H,21,22). The van der Waals surface area contributed by atoms with Crippen LogP contribution in [0.15, 0.2) is 36.4 Å². The predicted molar refractivity (Wildman–Crippen MR) is 97.7 cm³/mol. The Labute approximate surface area is 152 Å². The predicted octanol–water partition coefficient (Wildman–Crippen LogP) is 3.61. The van der Waals surface area contributed by atoms with Gasteiger partial charge in [-0.1, -0.05) is 24.6 Å². The smallest absolute Gasteiger partial charge is 0.258 e. The number of nitrogens with one attached hydrogen (secondary N) is 1. The Morgan fingerprint density at radius 1 is 1.08 bits per heavy atom. The van der Waals surface area contributed by atoms with Gasteiger partial charge in [0.15, 0.2) is 18.1 Å². The van der Waals surface area contributed by atoms with Crippen LogP contribution in [0.5, 0.6) is 17.2 Å². The van der Waals surface area contributed by atoms with E-state index >= 15 is 0 Å². The van der Waals surface area contributed by atoms with E-state index in [-0.39, 0.29) is 12.5 Å². The minimum atomic E-state index is -0.206. The average molecular weight is 364 g/mol. The van der Waals surface area contributed by atoms with Gasteiger partial charge in [-0.05, 0) is 47.9 Å². The van der Waals surface area contributed by atoms with Crippen molar-refractivity contribution in [3.8, 4) is 17.2 Å². The number of methoxy groups -OCH3 is 2. The quantitative estimate of drug-likeness (QED) is 0.778. The summed E-state index contributed by atoms with van der Waals surface area (Å²) in [5, 5.41) is 3.51. The van der Waals surface area contributed by atoms with Crippen LogP contribution in [0, 0.1) is 0 Å². The van der Waals surface area contributed by atoms with E-state index < -0.39 is 0 Å². The second-order valence-corrected chi connectivity index (χ2v) is 5.77. The number of halogens is 1. The van der Waals surface area contributed by atoms with E-state index in [0.717, 1.165) is 17.5 Å². The number of hydrogen-bond donors (Lipinski definition) is 1. The minimum absolute atomic E-state index is 0.0575. The van der Waals surface area contributed by atoms with Gasteiger partial charge in [-0.15, -0.1) is 0 Å². The number of hydrogen-bond acceptors (Lipinski definition) is 4. The van der Waals surface area contributed by atoms with Gasteiger partial charge in [-0.25, -0.2) is 0 Å². The molecule has 0 spiro atoms. The Hall–Kier alpha value is -2.40. The molecular weight excluding hydrogens is 342 g/mol. The van der Waals surface area contributed by atoms with Crippen molar-refractivity contribution < 1.29 is 19.0 Å². The number of rotatable bonds is 8. The lowest BCUT2D eigenvalue weighted by Crippen LogP contribution is -2.28. The summed E-state index contributed by atoms with van der Waals surface area (Å²) in [6.45, 7) is 2.34. The molecule has 6 heteroatoms. The van der Waals surface area contributed by atoms with Crippen LogP contribution in [0.25, 0.3) is 0 Å². The van der Waals surface area contributed by atoms with Crippen molar-refractivity contribution in [3.63, 3.8) is 0 Å². The zero-order chi connectivity index (χ0) is 18.2. The molecular formula is C19H22ClNO4. The topological polar surface area (TPSA) is 56.8 Å². The molecule has 0 radical (unpaired) electrons. The van der Waals surface area contributed by atoms with Gasteiger partial charge < -0.3 is 19.5 Å². The summed E-state index contributed by atoms with van der Waals surface area (Å²) >= 11 is 6.07. The lowest BCUT2D eigenvalue weighted by Gasteiger charge is -2.11. The van der Waals surface area contributed by atoms with Crippen molar-refractivity contribution in [1.82, 2.24) is 5.32 Å². The van der Waals surface area contributed by atoms with Gasteiger partial charge in [0.25, 0.3) is 5.91 Å².